The van der Waals surface area contributed by atoms with Gasteiger partial charge >= 0.3 is 5.97 Å². The number of likely N-dealkylation sites (tertiary alicyclic amines) is 1. The van der Waals surface area contributed by atoms with Gasteiger partial charge in [0.2, 0.25) is 0 Å². The van der Waals surface area contributed by atoms with Crippen molar-refractivity contribution in [2.24, 2.45) is 0 Å². The lowest BCUT2D eigenvalue weighted by atomic mass is 9.97. The number of nitrogens with zero attached hydrogens (tertiary/aromatic N) is 1. The zero-order valence-corrected chi connectivity index (χ0v) is 11.1. The Morgan fingerprint density at radius 2 is 1.82 bits per heavy atom. The van der Waals surface area contributed by atoms with Gasteiger partial charge in [-0.1, -0.05) is 6.42 Å². The van der Waals surface area contributed by atoms with E-state index in [0.29, 0.717) is 25.2 Å². The minimum atomic E-state index is -0.408. The van der Waals surface area contributed by atoms with E-state index in [9.17, 15) is 9.59 Å². The molecular weight excluding hydrogens is 218 g/mol. The number of ether oxygens (including phenoxy) is 1. The van der Waals surface area contributed by atoms with Gasteiger partial charge in [0.25, 0.3) is 0 Å². The van der Waals surface area contributed by atoms with Gasteiger partial charge < -0.3 is 4.74 Å². The van der Waals surface area contributed by atoms with Crippen molar-refractivity contribution in [1.82, 2.24) is 4.90 Å². The summed E-state index contributed by atoms with van der Waals surface area (Å²) in [4.78, 5) is 25.1. The second-order valence-electron chi connectivity index (χ2n) is 4.82. The Morgan fingerprint density at radius 1 is 1.24 bits per heavy atom. The normalized spacial score (nSPS) is 25.6. The first-order valence-corrected chi connectivity index (χ1v) is 6.47. The largest absolute Gasteiger partial charge is 0.466 e. The van der Waals surface area contributed by atoms with E-state index in [2.05, 4.69) is 18.7 Å². The number of ketones is 1. The summed E-state index contributed by atoms with van der Waals surface area (Å²) in [5, 5.41) is 0. The van der Waals surface area contributed by atoms with Crippen LogP contribution in [0.2, 0.25) is 0 Å². The van der Waals surface area contributed by atoms with Crippen molar-refractivity contribution in [1.29, 1.82) is 0 Å². The predicted octanol–water partition coefficient (Wildman–Crippen LogP) is 1.77. The van der Waals surface area contributed by atoms with Gasteiger partial charge in [0.1, 0.15) is 6.42 Å². The van der Waals surface area contributed by atoms with Crippen LogP contribution in [0.4, 0.5) is 0 Å². The fraction of sp³-hybridized carbons (Fsp3) is 0.846. The molecule has 1 aliphatic rings. The highest BCUT2D eigenvalue weighted by Crippen LogP contribution is 2.22. The molecule has 98 valence electrons. The molecule has 0 spiro atoms. The molecule has 0 radical (unpaired) electrons. The SMILES string of the molecule is CCOC(=O)CC(=O)CN1[C@H](C)CCC[C@@H]1C. The van der Waals surface area contributed by atoms with Crippen LogP contribution in [0.1, 0.15) is 46.5 Å². The zero-order chi connectivity index (χ0) is 12.8. The summed E-state index contributed by atoms with van der Waals surface area (Å²) >= 11 is 0. The van der Waals surface area contributed by atoms with Crippen molar-refractivity contribution in [3.8, 4) is 0 Å². The maximum atomic E-state index is 11.7. The Labute approximate surface area is 103 Å². The lowest BCUT2D eigenvalue weighted by molar-refractivity contribution is -0.146. The number of piperidine rings is 1. The third kappa shape index (κ3) is 4.46. The molecule has 0 aromatic rings. The lowest BCUT2D eigenvalue weighted by Gasteiger charge is -2.38. The predicted molar refractivity (Wildman–Crippen MR) is 65.7 cm³/mol. The van der Waals surface area contributed by atoms with Gasteiger partial charge in [-0.25, -0.2) is 0 Å². The molecule has 0 bridgehead atoms. The highest BCUT2D eigenvalue weighted by atomic mass is 16.5. The molecule has 1 saturated heterocycles. The van der Waals surface area contributed by atoms with Crippen molar-refractivity contribution < 1.29 is 14.3 Å². The second kappa shape index (κ2) is 6.74. The van der Waals surface area contributed by atoms with Crippen LogP contribution >= 0.6 is 0 Å². The van der Waals surface area contributed by atoms with Crippen molar-refractivity contribution in [2.75, 3.05) is 13.2 Å². The minimum Gasteiger partial charge on any atom is -0.466 e. The van der Waals surface area contributed by atoms with E-state index in [1.54, 1.807) is 6.92 Å². The van der Waals surface area contributed by atoms with Crippen LogP contribution < -0.4 is 0 Å². The Bertz CT molecular complexity index is 268. The molecule has 4 heteroatoms. The first-order chi connectivity index (χ1) is 8.04. The molecule has 0 aliphatic carbocycles. The van der Waals surface area contributed by atoms with Gasteiger partial charge in [0.05, 0.1) is 13.2 Å². The van der Waals surface area contributed by atoms with Gasteiger partial charge in [0, 0.05) is 12.1 Å². The summed E-state index contributed by atoms with van der Waals surface area (Å²) < 4.78 is 4.78. The van der Waals surface area contributed by atoms with Gasteiger partial charge in [-0.05, 0) is 33.6 Å². The molecule has 0 N–H and O–H groups in total. The molecule has 1 fully saturated rings. The average Bonchev–Trinajstić information content (AvgIpc) is 2.24. The summed E-state index contributed by atoms with van der Waals surface area (Å²) in [6, 6.07) is 0.870. The number of Topliss-reactive ketones (excluding diaryl/α,β-unsaturated/α-hetero) is 1. The molecule has 1 aliphatic heterocycles. The number of carbonyl (C=O) groups is 2. The molecule has 0 amide bonds. The van der Waals surface area contributed by atoms with E-state index in [1.807, 2.05) is 0 Å². The maximum absolute atomic E-state index is 11.7. The summed E-state index contributed by atoms with van der Waals surface area (Å²) in [5.74, 6) is -0.445. The molecule has 0 aromatic heterocycles. The molecule has 0 saturated carbocycles. The number of hydrogen-bond acceptors (Lipinski definition) is 4. The van der Waals surface area contributed by atoms with Crippen LogP contribution in [-0.4, -0.2) is 41.9 Å². The fourth-order valence-corrected chi connectivity index (χ4v) is 2.42. The number of carbonyl (C=O) groups excluding carboxylic acids is 2. The molecule has 1 rings (SSSR count). The monoisotopic (exact) mass is 241 g/mol. The zero-order valence-electron chi connectivity index (χ0n) is 11.1. The van der Waals surface area contributed by atoms with Crippen LogP contribution in [0, 0.1) is 0 Å². The van der Waals surface area contributed by atoms with Crippen LogP contribution in [0.15, 0.2) is 0 Å². The third-order valence-corrected chi connectivity index (χ3v) is 3.38. The number of hydrogen-bond donors (Lipinski definition) is 0. The molecule has 0 aromatic carbocycles. The van der Waals surface area contributed by atoms with Crippen molar-refractivity contribution in [3.05, 3.63) is 0 Å². The second-order valence-corrected chi connectivity index (χ2v) is 4.82. The maximum Gasteiger partial charge on any atom is 0.313 e. The Balaban J connectivity index is 2.41. The summed E-state index contributed by atoms with van der Waals surface area (Å²) in [7, 11) is 0. The van der Waals surface area contributed by atoms with Crippen molar-refractivity contribution >= 4 is 11.8 Å². The van der Waals surface area contributed by atoms with Gasteiger partial charge in [-0.15, -0.1) is 0 Å². The third-order valence-electron chi connectivity index (χ3n) is 3.38. The van der Waals surface area contributed by atoms with Crippen LogP contribution in [-0.2, 0) is 14.3 Å². The first-order valence-electron chi connectivity index (χ1n) is 6.47. The molecule has 2 atom stereocenters. The highest BCUT2D eigenvalue weighted by Gasteiger charge is 2.26. The highest BCUT2D eigenvalue weighted by molar-refractivity contribution is 5.96. The lowest BCUT2D eigenvalue weighted by Crippen LogP contribution is -2.46. The van der Waals surface area contributed by atoms with E-state index >= 15 is 0 Å². The van der Waals surface area contributed by atoms with E-state index in [1.165, 1.54) is 6.42 Å². The minimum absolute atomic E-state index is 0.0379. The molecular formula is C13H23NO3. The Hall–Kier alpha value is -0.900. The van der Waals surface area contributed by atoms with E-state index in [0.717, 1.165) is 12.8 Å². The summed E-state index contributed by atoms with van der Waals surface area (Å²) in [6.45, 7) is 6.75. The smallest absolute Gasteiger partial charge is 0.313 e. The summed E-state index contributed by atoms with van der Waals surface area (Å²) in [5.41, 5.74) is 0. The van der Waals surface area contributed by atoms with E-state index < -0.39 is 5.97 Å². The Morgan fingerprint density at radius 3 is 2.35 bits per heavy atom. The molecule has 1 heterocycles. The Kier molecular flexibility index (Phi) is 5.62. The van der Waals surface area contributed by atoms with Gasteiger partial charge in [-0.3, -0.25) is 14.5 Å². The fourth-order valence-electron chi connectivity index (χ4n) is 2.42. The van der Waals surface area contributed by atoms with Crippen LogP contribution in [0.25, 0.3) is 0 Å². The van der Waals surface area contributed by atoms with Crippen LogP contribution in [0.5, 0.6) is 0 Å². The topological polar surface area (TPSA) is 46.6 Å². The van der Waals surface area contributed by atoms with Crippen molar-refractivity contribution in [3.63, 3.8) is 0 Å². The van der Waals surface area contributed by atoms with E-state index in [-0.39, 0.29) is 12.2 Å². The quantitative estimate of drug-likeness (QED) is 0.543. The summed E-state index contributed by atoms with van der Waals surface area (Å²) in [6.07, 6.45) is 3.41. The molecule has 17 heavy (non-hydrogen) atoms. The van der Waals surface area contributed by atoms with E-state index in [4.69, 9.17) is 4.74 Å². The average molecular weight is 241 g/mol. The van der Waals surface area contributed by atoms with Gasteiger partial charge in [-0.2, -0.15) is 0 Å². The van der Waals surface area contributed by atoms with Gasteiger partial charge in [0.15, 0.2) is 5.78 Å². The number of rotatable bonds is 5. The molecule has 4 nitrogen and oxygen atoms in total. The molecule has 0 unspecified atom stereocenters. The van der Waals surface area contributed by atoms with Crippen LogP contribution in [0.3, 0.4) is 0 Å². The number of esters is 1. The standard InChI is InChI=1S/C13H23NO3/c1-4-17-13(16)8-12(15)9-14-10(2)6-5-7-11(14)3/h10-11H,4-9H2,1-3H3/t10-,11+. The first kappa shape index (κ1) is 14.2. The van der Waals surface area contributed by atoms with Crippen molar-refractivity contribution in [2.45, 2.75) is 58.5 Å².